The van der Waals surface area contributed by atoms with Crippen molar-refractivity contribution in [1.82, 2.24) is 9.97 Å². The van der Waals surface area contributed by atoms with Crippen LogP contribution in [0.15, 0.2) is 0 Å². The molecule has 0 bridgehead atoms. The van der Waals surface area contributed by atoms with Crippen LogP contribution in [0.2, 0.25) is 10.3 Å². The standard InChI is InChI=1S/C11H15Cl2N3O2/c1-7-6-18-5-3-16(7)11-14-9(12)8(2-4-17)10(13)15-11/h7,17H,2-6H2,1H3. The maximum atomic E-state index is 8.93. The van der Waals surface area contributed by atoms with Crippen LogP contribution in [0.1, 0.15) is 12.5 Å². The van der Waals surface area contributed by atoms with E-state index in [-0.39, 0.29) is 12.6 Å². The van der Waals surface area contributed by atoms with Crippen LogP contribution >= 0.6 is 23.2 Å². The fraction of sp³-hybridized carbons (Fsp3) is 0.636. The molecule has 5 nitrogen and oxygen atoms in total. The summed E-state index contributed by atoms with van der Waals surface area (Å²) in [7, 11) is 0. The highest BCUT2D eigenvalue weighted by Crippen LogP contribution is 2.26. The molecule has 2 rings (SSSR count). The van der Waals surface area contributed by atoms with Crippen molar-refractivity contribution < 1.29 is 9.84 Å². The summed E-state index contributed by atoms with van der Waals surface area (Å²) >= 11 is 12.2. The van der Waals surface area contributed by atoms with Gasteiger partial charge in [-0.05, 0) is 6.92 Å². The second-order valence-electron chi connectivity index (χ2n) is 4.17. The molecule has 1 aliphatic heterocycles. The van der Waals surface area contributed by atoms with Crippen molar-refractivity contribution in [1.29, 1.82) is 0 Å². The maximum Gasteiger partial charge on any atom is 0.228 e. The van der Waals surface area contributed by atoms with Gasteiger partial charge in [-0.15, -0.1) is 0 Å². The number of aliphatic hydroxyl groups is 1. The van der Waals surface area contributed by atoms with E-state index in [0.717, 1.165) is 0 Å². The second kappa shape index (κ2) is 6.02. The number of hydrogen-bond acceptors (Lipinski definition) is 5. The van der Waals surface area contributed by atoms with Crippen molar-refractivity contribution in [3.63, 3.8) is 0 Å². The monoisotopic (exact) mass is 291 g/mol. The topological polar surface area (TPSA) is 58.5 Å². The molecule has 1 N–H and O–H groups in total. The molecular formula is C11H15Cl2N3O2. The molecular weight excluding hydrogens is 277 g/mol. The average Bonchev–Trinajstić information content (AvgIpc) is 2.34. The Labute approximate surface area is 116 Å². The molecule has 1 unspecified atom stereocenters. The summed E-state index contributed by atoms with van der Waals surface area (Å²) in [5.41, 5.74) is 0.588. The van der Waals surface area contributed by atoms with E-state index in [0.29, 0.717) is 48.0 Å². The number of morpholine rings is 1. The van der Waals surface area contributed by atoms with E-state index in [2.05, 4.69) is 9.97 Å². The van der Waals surface area contributed by atoms with Gasteiger partial charge in [0.25, 0.3) is 0 Å². The third-order valence-corrected chi connectivity index (χ3v) is 3.51. The lowest BCUT2D eigenvalue weighted by atomic mass is 10.2. The third-order valence-electron chi connectivity index (χ3n) is 2.88. The minimum absolute atomic E-state index is 0.0316. The van der Waals surface area contributed by atoms with Crippen molar-refractivity contribution in [3.05, 3.63) is 15.9 Å². The number of anilines is 1. The van der Waals surface area contributed by atoms with Crippen molar-refractivity contribution >= 4 is 29.2 Å². The minimum atomic E-state index is -0.0316. The van der Waals surface area contributed by atoms with Crippen LogP contribution in [-0.2, 0) is 11.2 Å². The molecule has 1 aliphatic rings. The first kappa shape index (κ1) is 13.8. The van der Waals surface area contributed by atoms with E-state index in [1.165, 1.54) is 0 Å². The zero-order valence-corrected chi connectivity index (χ0v) is 11.6. The summed E-state index contributed by atoms with van der Waals surface area (Å²) in [6.07, 6.45) is 0.358. The molecule has 0 spiro atoms. The SMILES string of the molecule is CC1COCCN1c1nc(Cl)c(CCO)c(Cl)n1. The highest BCUT2D eigenvalue weighted by molar-refractivity contribution is 6.34. The number of halogens is 2. The van der Waals surface area contributed by atoms with Crippen LogP contribution < -0.4 is 4.90 Å². The molecule has 0 aromatic carbocycles. The number of ether oxygens (including phenoxy) is 1. The van der Waals surface area contributed by atoms with Crippen molar-refractivity contribution in [2.75, 3.05) is 31.3 Å². The molecule has 0 amide bonds. The number of aromatic nitrogens is 2. The summed E-state index contributed by atoms with van der Waals surface area (Å²) in [5.74, 6) is 0.516. The number of hydrogen-bond donors (Lipinski definition) is 1. The quantitative estimate of drug-likeness (QED) is 0.856. The van der Waals surface area contributed by atoms with Gasteiger partial charge in [-0.25, -0.2) is 9.97 Å². The van der Waals surface area contributed by atoms with Gasteiger partial charge in [0, 0.05) is 25.1 Å². The van der Waals surface area contributed by atoms with Gasteiger partial charge in [-0.3, -0.25) is 0 Å². The van der Waals surface area contributed by atoms with Gasteiger partial charge in [0.05, 0.1) is 19.3 Å². The van der Waals surface area contributed by atoms with Gasteiger partial charge in [0.2, 0.25) is 5.95 Å². The Kier molecular flexibility index (Phi) is 4.61. The molecule has 1 aromatic heterocycles. The smallest absolute Gasteiger partial charge is 0.228 e. The first-order valence-electron chi connectivity index (χ1n) is 5.80. The first-order valence-corrected chi connectivity index (χ1v) is 6.56. The third kappa shape index (κ3) is 2.85. The highest BCUT2D eigenvalue weighted by atomic mass is 35.5. The lowest BCUT2D eigenvalue weighted by Gasteiger charge is -2.33. The van der Waals surface area contributed by atoms with E-state index < -0.39 is 0 Å². The molecule has 1 aromatic rings. The summed E-state index contributed by atoms with van der Waals surface area (Å²) in [6, 6.07) is 0.189. The first-order chi connectivity index (χ1) is 8.63. The van der Waals surface area contributed by atoms with E-state index in [1.807, 2.05) is 11.8 Å². The maximum absolute atomic E-state index is 8.93. The fourth-order valence-electron chi connectivity index (χ4n) is 1.89. The van der Waals surface area contributed by atoms with Gasteiger partial charge in [0.15, 0.2) is 0 Å². The van der Waals surface area contributed by atoms with Crippen LogP contribution in [0.4, 0.5) is 5.95 Å². The Morgan fingerprint density at radius 1 is 1.39 bits per heavy atom. The fourth-order valence-corrected chi connectivity index (χ4v) is 2.46. The molecule has 1 atom stereocenters. The van der Waals surface area contributed by atoms with Crippen LogP contribution in [0.25, 0.3) is 0 Å². The lowest BCUT2D eigenvalue weighted by Crippen LogP contribution is -2.44. The lowest BCUT2D eigenvalue weighted by molar-refractivity contribution is 0.0981. The van der Waals surface area contributed by atoms with Crippen molar-refractivity contribution in [3.8, 4) is 0 Å². The Morgan fingerprint density at radius 2 is 2.06 bits per heavy atom. The molecule has 0 saturated carbocycles. The minimum Gasteiger partial charge on any atom is -0.396 e. The van der Waals surface area contributed by atoms with E-state index in [1.54, 1.807) is 0 Å². The predicted molar refractivity (Wildman–Crippen MR) is 70.5 cm³/mol. The summed E-state index contributed by atoms with van der Waals surface area (Å²) in [5, 5.41) is 9.54. The van der Waals surface area contributed by atoms with Gasteiger partial charge in [-0.2, -0.15) is 0 Å². The van der Waals surface area contributed by atoms with Crippen molar-refractivity contribution in [2.45, 2.75) is 19.4 Å². The molecule has 0 radical (unpaired) electrons. The number of aliphatic hydroxyl groups excluding tert-OH is 1. The molecule has 0 aliphatic carbocycles. The van der Waals surface area contributed by atoms with Crippen LogP contribution in [0.5, 0.6) is 0 Å². The Hall–Kier alpha value is -0.620. The Morgan fingerprint density at radius 3 is 2.61 bits per heavy atom. The van der Waals surface area contributed by atoms with E-state index in [9.17, 15) is 0 Å². The van der Waals surface area contributed by atoms with E-state index in [4.69, 9.17) is 33.0 Å². The van der Waals surface area contributed by atoms with Crippen LogP contribution in [-0.4, -0.2) is 47.5 Å². The van der Waals surface area contributed by atoms with Gasteiger partial charge < -0.3 is 14.7 Å². The average molecular weight is 292 g/mol. The molecule has 7 heteroatoms. The molecule has 2 heterocycles. The van der Waals surface area contributed by atoms with Crippen LogP contribution in [0.3, 0.4) is 0 Å². The summed E-state index contributed by atoms with van der Waals surface area (Å²) < 4.78 is 5.36. The summed E-state index contributed by atoms with van der Waals surface area (Å²) in [4.78, 5) is 10.5. The Balaban J connectivity index is 2.29. The molecule has 18 heavy (non-hydrogen) atoms. The molecule has 100 valence electrons. The zero-order valence-electron chi connectivity index (χ0n) is 10.1. The van der Waals surface area contributed by atoms with E-state index >= 15 is 0 Å². The predicted octanol–water partition coefficient (Wildman–Crippen LogP) is 1.54. The molecule has 1 saturated heterocycles. The second-order valence-corrected chi connectivity index (χ2v) is 4.89. The van der Waals surface area contributed by atoms with Gasteiger partial charge >= 0.3 is 0 Å². The Bertz CT molecular complexity index is 408. The zero-order chi connectivity index (χ0) is 13.1. The van der Waals surface area contributed by atoms with Crippen molar-refractivity contribution in [2.24, 2.45) is 0 Å². The molecule has 1 fully saturated rings. The number of nitrogens with zero attached hydrogens (tertiary/aromatic N) is 3. The van der Waals surface area contributed by atoms with Crippen LogP contribution in [0, 0.1) is 0 Å². The largest absolute Gasteiger partial charge is 0.396 e. The normalized spacial score (nSPS) is 20.2. The summed E-state index contributed by atoms with van der Waals surface area (Å²) in [6.45, 7) is 3.99. The van der Waals surface area contributed by atoms with Gasteiger partial charge in [0.1, 0.15) is 10.3 Å². The highest BCUT2D eigenvalue weighted by Gasteiger charge is 2.23. The number of rotatable bonds is 3. The van der Waals surface area contributed by atoms with Gasteiger partial charge in [-0.1, -0.05) is 23.2 Å².